The summed E-state index contributed by atoms with van der Waals surface area (Å²) in [5.41, 5.74) is 0.587. The lowest BCUT2D eigenvalue weighted by Gasteiger charge is -2.31. The second-order valence-electron chi connectivity index (χ2n) is 8.56. The van der Waals surface area contributed by atoms with E-state index >= 15 is 0 Å². The van der Waals surface area contributed by atoms with Gasteiger partial charge in [-0.2, -0.15) is 0 Å². The number of hydrogen-bond acceptors (Lipinski definition) is 4. The molecule has 1 unspecified atom stereocenters. The second kappa shape index (κ2) is 6.97. The zero-order chi connectivity index (χ0) is 20.1. The van der Waals surface area contributed by atoms with Crippen molar-refractivity contribution < 1.29 is 19.2 Å². The molecule has 0 aromatic heterocycles. The van der Waals surface area contributed by atoms with Gasteiger partial charge in [-0.1, -0.05) is 18.2 Å². The van der Waals surface area contributed by atoms with Crippen LogP contribution in [-0.2, 0) is 14.4 Å². The molecule has 0 spiro atoms. The molecule has 1 aromatic rings. The number of fused-ring (bicyclic) bond motifs is 1. The van der Waals surface area contributed by atoms with Gasteiger partial charge in [0.1, 0.15) is 6.04 Å². The van der Waals surface area contributed by atoms with Crippen LogP contribution in [-0.4, -0.2) is 69.5 Å². The summed E-state index contributed by atoms with van der Waals surface area (Å²) in [6.07, 6.45) is 4.02. The first kappa shape index (κ1) is 18.3. The van der Waals surface area contributed by atoms with Crippen molar-refractivity contribution in [3.05, 3.63) is 35.9 Å². The fourth-order valence-corrected chi connectivity index (χ4v) is 5.14. The highest BCUT2D eigenvalue weighted by molar-refractivity contribution is 6.01. The first-order chi connectivity index (χ1) is 14.1. The Hall–Kier alpha value is -2.70. The SMILES string of the molecule is O=C1C[C@@H]2C(CCN2C(=O)[C@@H]2CCCN2C(=O)c2ccccc2)N1C(=O)C1CC1. The Labute approximate surface area is 169 Å². The zero-order valence-corrected chi connectivity index (χ0v) is 16.3. The lowest BCUT2D eigenvalue weighted by atomic mass is 10.1. The summed E-state index contributed by atoms with van der Waals surface area (Å²) in [5, 5.41) is 0. The summed E-state index contributed by atoms with van der Waals surface area (Å²) in [4.78, 5) is 56.2. The minimum Gasteiger partial charge on any atom is -0.335 e. The molecule has 4 amide bonds. The summed E-state index contributed by atoms with van der Waals surface area (Å²) in [7, 11) is 0. The highest BCUT2D eigenvalue weighted by Crippen LogP contribution is 2.39. The van der Waals surface area contributed by atoms with Crippen LogP contribution >= 0.6 is 0 Å². The number of benzene rings is 1. The minimum atomic E-state index is -0.482. The third kappa shape index (κ3) is 3.03. The molecule has 0 N–H and O–H groups in total. The normalized spacial score (nSPS) is 28.8. The lowest BCUT2D eigenvalue weighted by molar-refractivity contribution is -0.144. The van der Waals surface area contributed by atoms with E-state index in [9.17, 15) is 19.2 Å². The van der Waals surface area contributed by atoms with Gasteiger partial charge in [-0.25, -0.2) is 0 Å². The number of likely N-dealkylation sites (tertiary alicyclic amines) is 3. The molecule has 3 atom stereocenters. The minimum absolute atomic E-state index is 0.00345. The van der Waals surface area contributed by atoms with Gasteiger partial charge in [-0.15, -0.1) is 0 Å². The fraction of sp³-hybridized carbons (Fsp3) is 0.545. The number of carbonyl (C=O) groups is 4. The standard InChI is InChI=1S/C22H25N3O4/c26-19-13-18-16(25(19)21(28)15-8-9-15)10-12-24(18)22(29)17-7-4-11-23(17)20(27)14-5-2-1-3-6-14/h1-3,5-6,15-18H,4,7-13H2/t16?,17-,18+/m0/s1. The first-order valence-electron chi connectivity index (χ1n) is 10.6. The Morgan fingerprint density at radius 3 is 2.31 bits per heavy atom. The van der Waals surface area contributed by atoms with Crippen molar-refractivity contribution in [2.75, 3.05) is 13.1 Å². The summed E-state index contributed by atoms with van der Waals surface area (Å²) < 4.78 is 0. The van der Waals surface area contributed by atoms with Gasteiger partial charge < -0.3 is 9.80 Å². The number of hydrogen-bond donors (Lipinski definition) is 0. The molecular formula is C22H25N3O4. The van der Waals surface area contributed by atoms with Crippen LogP contribution in [0.3, 0.4) is 0 Å². The van der Waals surface area contributed by atoms with E-state index in [-0.39, 0.29) is 48.1 Å². The molecule has 3 aliphatic heterocycles. The van der Waals surface area contributed by atoms with Crippen molar-refractivity contribution in [3.8, 4) is 0 Å². The van der Waals surface area contributed by atoms with Gasteiger partial charge in [-0.05, 0) is 44.2 Å². The van der Waals surface area contributed by atoms with E-state index in [4.69, 9.17) is 0 Å². The first-order valence-corrected chi connectivity index (χ1v) is 10.6. The van der Waals surface area contributed by atoms with Crippen molar-refractivity contribution in [1.82, 2.24) is 14.7 Å². The van der Waals surface area contributed by atoms with Gasteiger partial charge in [0.2, 0.25) is 17.7 Å². The largest absolute Gasteiger partial charge is 0.335 e. The molecule has 1 saturated carbocycles. The predicted octanol–water partition coefficient (Wildman–Crippen LogP) is 1.43. The van der Waals surface area contributed by atoms with Crippen LogP contribution < -0.4 is 0 Å². The Balaban J connectivity index is 1.32. The van der Waals surface area contributed by atoms with Gasteiger partial charge in [0.15, 0.2) is 0 Å². The molecule has 29 heavy (non-hydrogen) atoms. The summed E-state index contributed by atoms with van der Waals surface area (Å²) >= 11 is 0. The van der Waals surface area contributed by atoms with Crippen LogP contribution in [0.5, 0.6) is 0 Å². The fourth-order valence-electron chi connectivity index (χ4n) is 5.14. The molecule has 1 aromatic carbocycles. The highest BCUT2D eigenvalue weighted by atomic mass is 16.2. The maximum atomic E-state index is 13.4. The van der Waals surface area contributed by atoms with Crippen LogP contribution in [0.15, 0.2) is 30.3 Å². The van der Waals surface area contributed by atoms with E-state index in [2.05, 4.69) is 0 Å². The van der Waals surface area contributed by atoms with Gasteiger partial charge in [0.05, 0.1) is 12.1 Å². The smallest absolute Gasteiger partial charge is 0.254 e. The summed E-state index contributed by atoms with van der Waals surface area (Å²) in [6, 6.07) is 8.12. The number of amides is 4. The number of rotatable bonds is 3. The van der Waals surface area contributed by atoms with E-state index in [0.717, 1.165) is 19.3 Å². The third-order valence-corrected chi connectivity index (χ3v) is 6.76. The molecule has 152 valence electrons. The van der Waals surface area contributed by atoms with Gasteiger partial charge in [0, 0.05) is 31.0 Å². The van der Waals surface area contributed by atoms with Crippen LogP contribution in [0, 0.1) is 5.92 Å². The van der Waals surface area contributed by atoms with E-state index in [1.807, 2.05) is 18.2 Å². The monoisotopic (exact) mass is 395 g/mol. The molecule has 5 rings (SSSR count). The van der Waals surface area contributed by atoms with Crippen molar-refractivity contribution in [2.45, 2.75) is 56.7 Å². The van der Waals surface area contributed by atoms with Gasteiger partial charge in [0.25, 0.3) is 5.91 Å². The molecular weight excluding hydrogens is 370 g/mol. The molecule has 4 aliphatic rings. The molecule has 3 saturated heterocycles. The Morgan fingerprint density at radius 2 is 1.59 bits per heavy atom. The molecule has 0 radical (unpaired) electrons. The van der Waals surface area contributed by atoms with Crippen LogP contribution in [0.4, 0.5) is 0 Å². The number of carbonyl (C=O) groups excluding carboxylic acids is 4. The van der Waals surface area contributed by atoms with Crippen molar-refractivity contribution in [2.24, 2.45) is 5.92 Å². The lowest BCUT2D eigenvalue weighted by Crippen LogP contribution is -2.50. The molecule has 4 fully saturated rings. The summed E-state index contributed by atoms with van der Waals surface area (Å²) in [6.45, 7) is 1.11. The van der Waals surface area contributed by atoms with E-state index in [1.54, 1.807) is 21.9 Å². The van der Waals surface area contributed by atoms with Gasteiger partial charge in [-0.3, -0.25) is 24.1 Å². The molecule has 7 nitrogen and oxygen atoms in total. The Morgan fingerprint density at radius 1 is 0.828 bits per heavy atom. The van der Waals surface area contributed by atoms with E-state index < -0.39 is 6.04 Å². The van der Waals surface area contributed by atoms with Crippen LogP contribution in [0.2, 0.25) is 0 Å². The van der Waals surface area contributed by atoms with Crippen molar-refractivity contribution >= 4 is 23.6 Å². The van der Waals surface area contributed by atoms with Crippen molar-refractivity contribution in [1.29, 1.82) is 0 Å². The average molecular weight is 395 g/mol. The quantitative estimate of drug-likeness (QED) is 0.726. The molecule has 1 aliphatic carbocycles. The maximum Gasteiger partial charge on any atom is 0.254 e. The predicted molar refractivity (Wildman–Crippen MR) is 104 cm³/mol. The van der Waals surface area contributed by atoms with Gasteiger partial charge >= 0.3 is 0 Å². The molecule has 7 heteroatoms. The van der Waals surface area contributed by atoms with E-state index in [1.165, 1.54) is 4.90 Å². The highest BCUT2D eigenvalue weighted by Gasteiger charge is 2.54. The summed E-state index contributed by atoms with van der Waals surface area (Å²) in [5.74, 6) is -0.411. The topological polar surface area (TPSA) is 78.0 Å². The molecule has 0 bridgehead atoms. The maximum absolute atomic E-state index is 13.4. The number of nitrogens with zero attached hydrogens (tertiary/aromatic N) is 3. The second-order valence-corrected chi connectivity index (χ2v) is 8.56. The Bertz CT molecular complexity index is 866. The number of imide groups is 1. The van der Waals surface area contributed by atoms with Crippen molar-refractivity contribution in [3.63, 3.8) is 0 Å². The van der Waals surface area contributed by atoms with Crippen LogP contribution in [0.1, 0.15) is 48.9 Å². The zero-order valence-electron chi connectivity index (χ0n) is 16.3. The third-order valence-electron chi connectivity index (χ3n) is 6.76. The Kier molecular flexibility index (Phi) is 4.41. The van der Waals surface area contributed by atoms with E-state index in [0.29, 0.717) is 31.5 Å². The molecule has 3 heterocycles. The average Bonchev–Trinajstić information content (AvgIpc) is 3.19. The van der Waals surface area contributed by atoms with Crippen LogP contribution in [0.25, 0.3) is 0 Å².